The summed E-state index contributed by atoms with van der Waals surface area (Å²) >= 11 is 0. The van der Waals surface area contributed by atoms with Gasteiger partial charge in [-0.25, -0.2) is 4.79 Å². The minimum absolute atomic E-state index is 0.122. The molecule has 2 rings (SSSR count). The third-order valence-electron chi connectivity index (χ3n) is 3.67. The Morgan fingerprint density at radius 1 is 1.37 bits per heavy atom. The molecule has 1 aliphatic rings. The van der Waals surface area contributed by atoms with Crippen molar-refractivity contribution in [3.63, 3.8) is 0 Å². The maximum absolute atomic E-state index is 12.0. The number of benzene rings is 1. The van der Waals surface area contributed by atoms with Gasteiger partial charge in [0.1, 0.15) is 0 Å². The summed E-state index contributed by atoms with van der Waals surface area (Å²) in [6.45, 7) is 5.31. The first kappa shape index (κ1) is 13.9. The maximum atomic E-state index is 12.0. The van der Waals surface area contributed by atoms with Crippen LogP contribution in [0.5, 0.6) is 0 Å². The number of nitrogens with one attached hydrogen (secondary N) is 1. The summed E-state index contributed by atoms with van der Waals surface area (Å²) in [6.07, 6.45) is 2.27. The van der Waals surface area contributed by atoms with Gasteiger partial charge in [0.2, 0.25) is 0 Å². The number of amides is 2. The molecule has 1 atom stereocenters. The number of aliphatic hydroxyl groups is 1. The van der Waals surface area contributed by atoms with E-state index < -0.39 is 0 Å². The zero-order valence-electron chi connectivity index (χ0n) is 11.6. The standard InChI is InChI=1S/C15H22N2O2/c1-3-11-5-6-13(9-12(11)4-2)16-15(19)17-8-7-14(18)10-17/h5-6,9,14,18H,3-4,7-8,10H2,1-2H3,(H,16,19)/t14-/m0/s1. The van der Waals surface area contributed by atoms with Crippen LogP contribution in [0.2, 0.25) is 0 Å². The fourth-order valence-electron chi connectivity index (χ4n) is 2.51. The summed E-state index contributed by atoms with van der Waals surface area (Å²) in [5.74, 6) is 0. The van der Waals surface area contributed by atoms with E-state index in [0.717, 1.165) is 18.5 Å². The summed E-state index contributed by atoms with van der Waals surface area (Å²) in [7, 11) is 0. The highest BCUT2D eigenvalue weighted by atomic mass is 16.3. The van der Waals surface area contributed by atoms with Crippen LogP contribution in [0.4, 0.5) is 10.5 Å². The van der Waals surface area contributed by atoms with Crippen molar-refractivity contribution in [2.24, 2.45) is 0 Å². The molecule has 0 aliphatic carbocycles. The number of hydrogen-bond acceptors (Lipinski definition) is 2. The summed E-state index contributed by atoms with van der Waals surface area (Å²) in [5.41, 5.74) is 3.44. The fraction of sp³-hybridized carbons (Fsp3) is 0.533. The Morgan fingerprint density at radius 2 is 2.11 bits per heavy atom. The van der Waals surface area contributed by atoms with Gasteiger partial charge in [-0.2, -0.15) is 0 Å². The fourth-order valence-corrected chi connectivity index (χ4v) is 2.51. The lowest BCUT2D eigenvalue weighted by molar-refractivity contribution is 0.176. The van der Waals surface area contributed by atoms with E-state index in [2.05, 4.69) is 25.2 Å². The maximum Gasteiger partial charge on any atom is 0.321 e. The molecule has 2 N–H and O–H groups in total. The van der Waals surface area contributed by atoms with Gasteiger partial charge in [-0.1, -0.05) is 19.9 Å². The van der Waals surface area contributed by atoms with Gasteiger partial charge < -0.3 is 15.3 Å². The number of rotatable bonds is 3. The van der Waals surface area contributed by atoms with E-state index in [1.54, 1.807) is 4.90 Å². The third-order valence-corrected chi connectivity index (χ3v) is 3.67. The summed E-state index contributed by atoms with van der Waals surface area (Å²) in [4.78, 5) is 13.7. The predicted octanol–water partition coefficient (Wildman–Crippen LogP) is 2.41. The molecule has 1 heterocycles. The first-order valence-electron chi connectivity index (χ1n) is 6.99. The molecule has 1 fully saturated rings. The third kappa shape index (κ3) is 3.26. The van der Waals surface area contributed by atoms with Crippen LogP contribution in [-0.2, 0) is 12.8 Å². The molecular formula is C15H22N2O2. The van der Waals surface area contributed by atoms with Gasteiger partial charge in [-0.3, -0.25) is 0 Å². The molecule has 4 nitrogen and oxygen atoms in total. The van der Waals surface area contributed by atoms with Crippen molar-refractivity contribution in [3.05, 3.63) is 29.3 Å². The number of nitrogens with zero attached hydrogens (tertiary/aromatic N) is 1. The largest absolute Gasteiger partial charge is 0.391 e. The molecule has 1 saturated heterocycles. The van der Waals surface area contributed by atoms with Crippen molar-refractivity contribution in [1.29, 1.82) is 0 Å². The first-order valence-corrected chi connectivity index (χ1v) is 6.99. The number of β-amino-alcohol motifs (C(OH)–C–C–N with tert-alkyl or cyclic N) is 1. The van der Waals surface area contributed by atoms with Gasteiger partial charge >= 0.3 is 6.03 Å². The number of likely N-dealkylation sites (tertiary alicyclic amines) is 1. The van der Waals surface area contributed by atoms with Crippen LogP contribution in [0, 0.1) is 0 Å². The molecule has 1 aromatic carbocycles. The van der Waals surface area contributed by atoms with Crippen LogP contribution in [0.3, 0.4) is 0 Å². The van der Waals surface area contributed by atoms with Crippen molar-refractivity contribution in [3.8, 4) is 0 Å². The molecule has 1 aliphatic heterocycles. The molecule has 19 heavy (non-hydrogen) atoms. The van der Waals surface area contributed by atoms with Gasteiger partial charge in [0, 0.05) is 18.8 Å². The van der Waals surface area contributed by atoms with Crippen molar-refractivity contribution >= 4 is 11.7 Å². The number of carbonyl (C=O) groups is 1. The highest BCUT2D eigenvalue weighted by molar-refractivity contribution is 5.89. The molecule has 0 unspecified atom stereocenters. The lowest BCUT2D eigenvalue weighted by Crippen LogP contribution is -2.33. The van der Waals surface area contributed by atoms with E-state index in [1.807, 2.05) is 12.1 Å². The van der Waals surface area contributed by atoms with Crippen molar-refractivity contribution in [2.75, 3.05) is 18.4 Å². The quantitative estimate of drug-likeness (QED) is 0.879. The number of hydrogen-bond donors (Lipinski definition) is 2. The Labute approximate surface area is 114 Å². The summed E-state index contributed by atoms with van der Waals surface area (Å²) < 4.78 is 0. The second-order valence-corrected chi connectivity index (χ2v) is 5.01. The van der Waals surface area contributed by atoms with Crippen LogP contribution in [0.1, 0.15) is 31.4 Å². The Bertz CT molecular complexity index is 459. The highest BCUT2D eigenvalue weighted by Gasteiger charge is 2.24. The topological polar surface area (TPSA) is 52.6 Å². The number of urea groups is 1. The van der Waals surface area contributed by atoms with Crippen LogP contribution < -0.4 is 5.32 Å². The van der Waals surface area contributed by atoms with Crippen molar-refractivity contribution in [2.45, 2.75) is 39.2 Å². The molecule has 2 amide bonds. The van der Waals surface area contributed by atoms with Gasteiger partial charge in [0.05, 0.1) is 6.10 Å². The average Bonchev–Trinajstić information content (AvgIpc) is 2.85. The van der Waals surface area contributed by atoms with E-state index in [-0.39, 0.29) is 12.1 Å². The van der Waals surface area contributed by atoms with Crippen LogP contribution in [0.15, 0.2) is 18.2 Å². The summed E-state index contributed by atoms with van der Waals surface area (Å²) in [6, 6.07) is 5.95. The second-order valence-electron chi connectivity index (χ2n) is 5.01. The second kappa shape index (κ2) is 6.06. The normalized spacial score (nSPS) is 18.7. The smallest absolute Gasteiger partial charge is 0.321 e. The minimum Gasteiger partial charge on any atom is -0.391 e. The molecule has 1 aromatic rings. The van der Waals surface area contributed by atoms with Crippen molar-refractivity contribution < 1.29 is 9.90 Å². The molecule has 0 aromatic heterocycles. The molecule has 4 heteroatoms. The van der Waals surface area contributed by atoms with Gasteiger partial charge in [0.15, 0.2) is 0 Å². The van der Waals surface area contributed by atoms with Gasteiger partial charge in [0.25, 0.3) is 0 Å². The van der Waals surface area contributed by atoms with E-state index >= 15 is 0 Å². The highest BCUT2D eigenvalue weighted by Crippen LogP contribution is 2.18. The molecular weight excluding hydrogens is 240 g/mol. The van der Waals surface area contributed by atoms with Gasteiger partial charge in [-0.05, 0) is 42.5 Å². The van der Waals surface area contributed by atoms with E-state index in [9.17, 15) is 9.90 Å². The molecule has 0 saturated carbocycles. The molecule has 0 radical (unpaired) electrons. The first-order chi connectivity index (χ1) is 9.13. The number of anilines is 1. The Balaban J connectivity index is 2.04. The monoisotopic (exact) mass is 262 g/mol. The van der Waals surface area contributed by atoms with E-state index in [1.165, 1.54) is 11.1 Å². The minimum atomic E-state index is -0.376. The molecule has 0 spiro atoms. The number of aliphatic hydroxyl groups excluding tert-OH is 1. The van der Waals surface area contributed by atoms with Crippen LogP contribution in [0.25, 0.3) is 0 Å². The predicted molar refractivity (Wildman–Crippen MR) is 76.4 cm³/mol. The Hall–Kier alpha value is -1.55. The molecule has 104 valence electrons. The summed E-state index contributed by atoms with van der Waals surface area (Å²) in [5, 5.41) is 12.3. The molecule has 0 bridgehead atoms. The lowest BCUT2D eigenvalue weighted by atomic mass is 10.0. The van der Waals surface area contributed by atoms with Gasteiger partial charge in [-0.15, -0.1) is 0 Å². The van der Waals surface area contributed by atoms with Crippen molar-refractivity contribution in [1.82, 2.24) is 4.90 Å². The van der Waals surface area contributed by atoms with E-state index in [4.69, 9.17) is 0 Å². The SMILES string of the molecule is CCc1ccc(NC(=O)N2CC[C@H](O)C2)cc1CC. The number of carbonyl (C=O) groups excluding carboxylic acids is 1. The zero-order chi connectivity index (χ0) is 13.8. The Kier molecular flexibility index (Phi) is 4.43. The average molecular weight is 262 g/mol. The number of aryl methyl sites for hydroxylation is 2. The zero-order valence-corrected chi connectivity index (χ0v) is 11.6. The Morgan fingerprint density at radius 3 is 2.68 bits per heavy atom. The van der Waals surface area contributed by atoms with Crippen LogP contribution >= 0.6 is 0 Å². The van der Waals surface area contributed by atoms with Crippen LogP contribution in [-0.4, -0.2) is 35.2 Å². The van der Waals surface area contributed by atoms with E-state index in [0.29, 0.717) is 19.5 Å². The lowest BCUT2D eigenvalue weighted by Gasteiger charge is -2.17.